The molecule has 2 rings (SSSR count). The zero-order chi connectivity index (χ0) is 13.5. The molecule has 0 radical (unpaired) electrons. The number of aliphatic hydroxyl groups excluding tert-OH is 1. The van der Waals surface area contributed by atoms with Gasteiger partial charge in [0.25, 0.3) is 0 Å². The van der Waals surface area contributed by atoms with E-state index in [9.17, 15) is 5.11 Å². The van der Waals surface area contributed by atoms with Crippen LogP contribution in [0, 0.1) is 11.3 Å². The Morgan fingerprint density at radius 1 is 1.16 bits per heavy atom. The quantitative estimate of drug-likeness (QED) is 0.854. The summed E-state index contributed by atoms with van der Waals surface area (Å²) in [5.41, 5.74) is 1.51. The molecule has 0 aliphatic rings. The molecule has 0 spiro atoms. The Morgan fingerprint density at radius 2 is 1.95 bits per heavy atom. The summed E-state index contributed by atoms with van der Waals surface area (Å²) in [7, 11) is 0. The Labute approximate surface area is 112 Å². The van der Waals surface area contributed by atoms with Gasteiger partial charge in [-0.1, -0.05) is 36.4 Å². The first-order chi connectivity index (χ1) is 9.31. The summed E-state index contributed by atoms with van der Waals surface area (Å²) in [5, 5.41) is 21.4. The first-order valence-corrected chi connectivity index (χ1v) is 6.10. The lowest BCUT2D eigenvalue weighted by atomic mass is 10.1. The highest BCUT2D eigenvalue weighted by Gasteiger charge is 2.09. The minimum Gasteiger partial charge on any atom is -0.394 e. The van der Waals surface area contributed by atoms with E-state index in [1.807, 2.05) is 36.4 Å². The Morgan fingerprint density at radius 3 is 2.63 bits per heavy atom. The number of nitrogens with one attached hydrogen (secondary N) is 1. The number of anilines is 1. The Hall–Kier alpha value is -2.38. The number of aromatic nitrogens is 1. The van der Waals surface area contributed by atoms with Crippen LogP contribution in [0.1, 0.15) is 11.3 Å². The van der Waals surface area contributed by atoms with Gasteiger partial charge in [0.05, 0.1) is 12.6 Å². The number of nitriles is 1. The van der Waals surface area contributed by atoms with E-state index in [1.165, 1.54) is 0 Å². The number of aliphatic hydroxyl groups is 1. The molecule has 96 valence electrons. The third kappa shape index (κ3) is 3.80. The molecule has 2 aromatic rings. The topological polar surface area (TPSA) is 68.9 Å². The van der Waals surface area contributed by atoms with Gasteiger partial charge in [0, 0.05) is 0 Å². The molecule has 0 bridgehead atoms. The first-order valence-electron chi connectivity index (χ1n) is 6.10. The molecule has 0 aliphatic heterocycles. The van der Waals surface area contributed by atoms with Crippen molar-refractivity contribution in [3.63, 3.8) is 0 Å². The van der Waals surface area contributed by atoms with Crippen molar-refractivity contribution >= 4 is 5.82 Å². The third-order valence-corrected chi connectivity index (χ3v) is 2.76. The highest BCUT2D eigenvalue weighted by atomic mass is 16.3. The van der Waals surface area contributed by atoms with Gasteiger partial charge in [0.1, 0.15) is 17.6 Å². The highest BCUT2D eigenvalue weighted by Crippen LogP contribution is 2.09. The summed E-state index contributed by atoms with van der Waals surface area (Å²) in [6.07, 6.45) is 0.704. The first kappa shape index (κ1) is 13.1. The lowest BCUT2D eigenvalue weighted by Gasteiger charge is -2.17. The zero-order valence-electron chi connectivity index (χ0n) is 10.5. The molecular weight excluding hydrogens is 238 g/mol. The van der Waals surface area contributed by atoms with Crippen LogP contribution in [0.25, 0.3) is 0 Å². The molecule has 1 aromatic carbocycles. The highest BCUT2D eigenvalue weighted by molar-refractivity contribution is 5.39. The van der Waals surface area contributed by atoms with Crippen LogP contribution in [0.3, 0.4) is 0 Å². The van der Waals surface area contributed by atoms with Crippen molar-refractivity contribution in [2.75, 3.05) is 11.9 Å². The summed E-state index contributed by atoms with van der Waals surface area (Å²) in [6, 6.07) is 17.0. The summed E-state index contributed by atoms with van der Waals surface area (Å²) in [5.74, 6) is 0.606. The average Bonchev–Trinajstić information content (AvgIpc) is 2.48. The van der Waals surface area contributed by atoms with Crippen molar-refractivity contribution in [2.24, 2.45) is 0 Å². The summed E-state index contributed by atoms with van der Waals surface area (Å²) >= 11 is 0. The van der Waals surface area contributed by atoms with Crippen LogP contribution in [0.2, 0.25) is 0 Å². The number of nitrogens with zero attached hydrogens (tertiary/aromatic N) is 2. The lowest BCUT2D eigenvalue weighted by Crippen LogP contribution is -2.26. The Balaban J connectivity index is 2.05. The molecule has 0 aliphatic carbocycles. The maximum atomic E-state index is 9.42. The lowest BCUT2D eigenvalue weighted by molar-refractivity contribution is 0.273. The molecule has 2 N–H and O–H groups in total. The predicted molar refractivity (Wildman–Crippen MR) is 73.6 cm³/mol. The van der Waals surface area contributed by atoms with Gasteiger partial charge in [-0.2, -0.15) is 5.26 Å². The average molecular weight is 253 g/mol. The van der Waals surface area contributed by atoms with Crippen molar-refractivity contribution in [3.05, 3.63) is 59.8 Å². The van der Waals surface area contributed by atoms with E-state index in [2.05, 4.69) is 10.3 Å². The van der Waals surface area contributed by atoms with E-state index < -0.39 is 0 Å². The zero-order valence-corrected chi connectivity index (χ0v) is 10.5. The predicted octanol–water partition coefficient (Wildman–Crippen LogP) is 1.97. The fraction of sp³-hybridized carbons (Fsp3) is 0.200. The van der Waals surface area contributed by atoms with Crippen LogP contribution in [0.4, 0.5) is 5.82 Å². The molecular formula is C15H15N3O. The van der Waals surface area contributed by atoms with E-state index >= 15 is 0 Å². The second-order valence-corrected chi connectivity index (χ2v) is 4.23. The van der Waals surface area contributed by atoms with Gasteiger partial charge in [0.15, 0.2) is 0 Å². The minimum absolute atomic E-state index is 0.00730. The van der Waals surface area contributed by atoms with Gasteiger partial charge in [0.2, 0.25) is 0 Å². The van der Waals surface area contributed by atoms with Crippen LogP contribution in [-0.4, -0.2) is 22.7 Å². The van der Waals surface area contributed by atoms with Crippen molar-refractivity contribution in [2.45, 2.75) is 12.5 Å². The maximum absolute atomic E-state index is 9.42. The van der Waals surface area contributed by atoms with E-state index in [0.717, 1.165) is 5.56 Å². The van der Waals surface area contributed by atoms with Crippen molar-refractivity contribution in [1.29, 1.82) is 5.26 Å². The SMILES string of the molecule is N#Cc1cccc(NC(CO)Cc2ccccc2)n1. The Bertz CT molecular complexity index is 563. The van der Waals surface area contributed by atoms with Crippen LogP contribution < -0.4 is 5.32 Å². The van der Waals surface area contributed by atoms with Crippen LogP contribution >= 0.6 is 0 Å². The van der Waals surface area contributed by atoms with Crippen molar-refractivity contribution in [3.8, 4) is 6.07 Å². The summed E-state index contributed by atoms with van der Waals surface area (Å²) in [4.78, 5) is 4.14. The van der Waals surface area contributed by atoms with E-state index in [4.69, 9.17) is 5.26 Å². The third-order valence-electron chi connectivity index (χ3n) is 2.76. The maximum Gasteiger partial charge on any atom is 0.142 e. The van der Waals surface area contributed by atoms with Gasteiger partial charge in [-0.15, -0.1) is 0 Å². The fourth-order valence-corrected chi connectivity index (χ4v) is 1.85. The summed E-state index contributed by atoms with van der Waals surface area (Å²) < 4.78 is 0. The van der Waals surface area contributed by atoms with Gasteiger partial charge in [-0.3, -0.25) is 0 Å². The molecule has 19 heavy (non-hydrogen) atoms. The van der Waals surface area contributed by atoms with E-state index in [-0.39, 0.29) is 12.6 Å². The molecule has 1 atom stereocenters. The number of benzene rings is 1. The van der Waals surface area contributed by atoms with E-state index in [0.29, 0.717) is 17.9 Å². The van der Waals surface area contributed by atoms with Crippen LogP contribution in [0.5, 0.6) is 0 Å². The fourth-order valence-electron chi connectivity index (χ4n) is 1.85. The minimum atomic E-state index is -0.121. The van der Waals surface area contributed by atoms with Crippen molar-refractivity contribution in [1.82, 2.24) is 4.98 Å². The standard InChI is InChI=1S/C15H15N3O/c16-10-13-7-4-8-15(17-13)18-14(11-19)9-12-5-2-1-3-6-12/h1-8,14,19H,9,11H2,(H,17,18). The molecule has 1 aromatic heterocycles. The summed E-state index contributed by atoms with van der Waals surface area (Å²) in [6.45, 7) is 0.00730. The number of rotatable bonds is 5. The normalized spacial score (nSPS) is 11.6. The van der Waals surface area contributed by atoms with Crippen LogP contribution in [-0.2, 0) is 6.42 Å². The van der Waals surface area contributed by atoms with Gasteiger partial charge in [-0.05, 0) is 24.1 Å². The molecule has 0 fully saturated rings. The number of pyridine rings is 1. The number of hydrogen-bond acceptors (Lipinski definition) is 4. The smallest absolute Gasteiger partial charge is 0.142 e. The van der Waals surface area contributed by atoms with Crippen molar-refractivity contribution < 1.29 is 5.11 Å². The van der Waals surface area contributed by atoms with Gasteiger partial charge < -0.3 is 10.4 Å². The second-order valence-electron chi connectivity index (χ2n) is 4.23. The van der Waals surface area contributed by atoms with Gasteiger partial charge in [-0.25, -0.2) is 4.98 Å². The molecule has 1 heterocycles. The van der Waals surface area contributed by atoms with Crippen LogP contribution in [0.15, 0.2) is 48.5 Å². The molecule has 1 unspecified atom stereocenters. The second kappa shape index (κ2) is 6.53. The molecule has 4 heteroatoms. The molecule has 4 nitrogen and oxygen atoms in total. The molecule has 0 saturated carbocycles. The monoisotopic (exact) mass is 253 g/mol. The molecule has 0 amide bonds. The van der Waals surface area contributed by atoms with E-state index in [1.54, 1.807) is 18.2 Å². The number of hydrogen-bond donors (Lipinski definition) is 2. The molecule has 0 saturated heterocycles. The Kier molecular flexibility index (Phi) is 4.49. The largest absolute Gasteiger partial charge is 0.394 e. The van der Waals surface area contributed by atoms with Gasteiger partial charge >= 0.3 is 0 Å².